The molecule has 0 radical (unpaired) electrons. The molecule has 2 aromatic rings. The van der Waals surface area contributed by atoms with E-state index in [9.17, 15) is 18.7 Å². The number of carbonyl (C=O) groups is 1. The van der Waals surface area contributed by atoms with Gasteiger partial charge in [0.2, 0.25) is 0 Å². The van der Waals surface area contributed by atoms with Crippen molar-refractivity contribution in [3.05, 3.63) is 70.2 Å². The maximum atomic E-state index is 13.0. The van der Waals surface area contributed by atoms with Crippen LogP contribution in [-0.2, 0) is 6.54 Å². The summed E-state index contributed by atoms with van der Waals surface area (Å²) in [5.74, 6) is -0.924. The quantitative estimate of drug-likeness (QED) is 0.783. The van der Waals surface area contributed by atoms with Crippen molar-refractivity contribution in [3.63, 3.8) is 0 Å². The summed E-state index contributed by atoms with van der Waals surface area (Å²) in [6.07, 6.45) is -0.943. The van der Waals surface area contributed by atoms with Crippen molar-refractivity contribution in [2.24, 2.45) is 0 Å². The molecule has 7 heteroatoms. The third kappa shape index (κ3) is 5.19. The number of halogens is 3. The molecule has 0 fully saturated rings. The first-order chi connectivity index (χ1) is 11.0. The average molecular weight is 341 g/mol. The van der Waals surface area contributed by atoms with Crippen LogP contribution >= 0.6 is 11.6 Å². The van der Waals surface area contributed by atoms with Gasteiger partial charge in [0.25, 0.3) is 0 Å². The minimum Gasteiger partial charge on any atom is -0.387 e. The lowest BCUT2D eigenvalue weighted by atomic mass is 10.1. The van der Waals surface area contributed by atoms with Gasteiger partial charge in [-0.05, 0) is 35.4 Å². The number of nitrogens with one attached hydrogen (secondary N) is 2. The maximum Gasteiger partial charge on any atom is 0.315 e. The zero-order valence-corrected chi connectivity index (χ0v) is 12.8. The van der Waals surface area contributed by atoms with Crippen LogP contribution in [0.1, 0.15) is 17.2 Å². The number of benzene rings is 2. The summed E-state index contributed by atoms with van der Waals surface area (Å²) in [4.78, 5) is 11.7. The number of aliphatic hydroxyl groups excluding tert-OH is 1. The smallest absolute Gasteiger partial charge is 0.315 e. The molecule has 1 atom stereocenters. The van der Waals surface area contributed by atoms with Gasteiger partial charge in [0.05, 0.1) is 11.1 Å². The summed E-state index contributed by atoms with van der Waals surface area (Å²) in [5, 5.41) is 14.9. The minimum atomic E-state index is -0.943. The lowest BCUT2D eigenvalue weighted by Gasteiger charge is -2.13. The number of aliphatic hydroxyl groups is 1. The van der Waals surface area contributed by atoms with E-state index in [4.69, 9.17) is 11.6 Å². The predicted molar refractivity (Wildman–Crippen MR) is 83.0 cm³/mol. The third-order valence-electron chi connectivity index (χ3n) is 3.15. The Morgan fingerprint density at radius 3 is 2.48 bits per heavy atom. The highest BCUT2D eigenvalue weighted by molar-refractivity contribution is 6.30. The maximum absolute atomic E-state index is 13.0. The SMILES string of the molecule is O=C(NCc1ccc(F)c(Cl)c1)NCC(O)c1ccc(F)cc1. The molecule has 0 aliphatic rings. The molecule has 122 valence electrons. The monoisotopic (exact) mass is 340 g/mol. The van der Waals surface area contributed by atoms with Crippen molar-refractivity contribution in [2.75, 3.05) is 6.54 Å². The Bertz CT molecular complexity index is 680. The molecule has 23 heavy (non-hydrogen) atoms. The molecule has 2 rings (SSSR count). The number of hydrogen-bond donors (Lipinski definition) is 3. The zero-order chi connectivity index (χ0) is 16.8. The van der Waals surface area contributed by atoms with Crippen LogP contribution in [0, 0.1) is 11.6 Å². The van der Waals surface area contributed by atoms with Crippen LogP contribution in [0.25, 0.3) is 0 Å². The van der Waals surface area contributed by atoms with Crippen molar-refractivity contribution < 1.29 is 18.7 Å². The Morgan fingerprint density at radius 2 is 1.83 bits per heavy atom. The second-order valence-electron chi connectivity index (χ2n) is 4.88. The molecule has 0 aromatic heterocycles. The molecular weight excluding hydrogens is 326 g/mol. The van der Waals surface area contributed by atoms with E-state index in [1.807, 2.05) is 0 Å². The summed E-state index contributed by atoms with van der Waals surface area (Å²) in [5.41, 5.74) is 1.14. The minimum absolute atomic E-state index is 0.0172. The number of urea groups is 1. The second kappa shape index (κ2) is 7.89. The Morgan fingerprint density at radius 1 is 1.13 bits per heavy atom. The number of carbonyl (C=O) groups excluding carboxylic acids is 1. The van der Waals surface area contributed by atoms with Gasteiger partial charge in [-0.25, -0.2) is 13.6 Å². The van der Waals surface area contributed by atoms with Crippen molar-refractivity contribution >= 4 is 17.6 Å². The second-order valence-corrected chi connectivity index (χ2v) is 5.29. The molecule has 1 unspecified atom stereocenters. The Hall–Kier alpha value is -2.18. The summed E-state index contributed by atoms with van der Waals surface area (Å²) >= 11 is 5.65. The van der Waals surface area contributed by atoms with Crippen molar-refractivity contribution in [2.45, 2.75) is 12.6 Å². The highest BCUT2D eigenvalue weighted by Gasteiger charge is 2.09. The third-order valence-corrected chi connectivity index (χ3v) is 3.44. The fraction of sp³-hybridized carbons (Fsp3) is 0.188. The Labute approximate surface area is 137 Å². The first kappa shape index (κ1) is 17.2. The van der Waals surface area contributed by atoms with E-state index in [0.717, 1.165) is 0 Å². The summed E-state index contributed by atoms with van der Waals surface area (Å²) < 4.78 is 25.8. The molecule has 3 N–H and O–H groups in total. The predicted octanol–water partition coefficient (Wildman–Crippen LogP) is 3.15. The summed E-state index contributed by atoms with van der Waals surface area (Å²) in [7, 11) is 0. The van der Waals surface area contributed by atoms with Crippen LogP contribution < -0.4 is 10.6 Å². The van der Waals surface area contributed by atoms with Gasteiger partial charge in [-0.1, -0.05) is 29.8 Å². The van der Waals surface area contributed by atoms with Gasteiger partial charge in [-0.15, -0.1) is 0 Å². The van der Waals surface area contributed by atoms with E-state index < -0.39 is 23.8 Å². The van der Waals surface area contributed by atoms with Gasteiger partial charge in [-0.3, -0.25) is 0 Å². The molecule has 0 aliphatic heterocycles. The standard InChI is InChI=1S/C16H15ClF2N2O2/c17-13-7-10(1-6-14(13)19)8-20-16(23)21-9-15(22)11-2-4-12(18)5-3-11/h1-7,15,22H,8-9H2,(H2,20,21,23). The van der Waals surface area contributed by atoms with E-state index in [-0.39, 0.29) is 18.1 Å². The summed E-state index contributed by atoms with van der Waals surface area (Å²) in [6, 6.07) is 9.01. The number of rotatable bonds is 5. The topological polar surface area (TPSA) is 61.4 Å². The van der Waals surface area contributed by atoms with Crippen LogP contribution in [0.5, 0.6) is 0 Å². The number of amides is 2. The van der Waals surface area contributed by atoms with E-state index in [1.54, 1.807) is 0 Å². The van der Waals surface area contributed by atoms with Gasteiger partial charge in [0, 0.05) is 13.1 Å². The van der Waals surface area contributed by atoms with Crippen LogP contribution in [-0.4, -0.2) is 17.7 Å². The fourth-order valence-electron chi connectivity index (χ4n) is 1.89. The van der Waals surface area contributed by atoms with E-state index in [2.05, 4.69) is 10.6 Å². The van der Waals surface area contributed by atoms with Gasteiger partial charge in [0.1, 0.15) is 11.6 Å². The van der Waals surface area contributed by atoms with Crippen molar-refractivity contribution in [1.29, 1.82) is 0 Å². The van der Waals surface area contributed by atoms with E-state index in [0.29, 0.717) is 11.1 Å². The molecule has 4 nitrogen and oxygen atoms in total. The van der Waals surface area contributed by atoms with E-state index >= 15 is 0 Å². The van der Waals surface area contributed by atoms with Crippen LogP contribution in [0.3, 0.4) is 0 Å². The highest BCUT2D eigenvalue weighted by atomic mass is 35.5. The highest BCUT2D eigenvalue weighted by Crippen LogP contribution is 2.16. The first-order valence-electron chi connectivity index (χ1n) is 6.85. The summed E-state index contributed by atoms with van der Waals surface area (Å²) in [6.45, 7) is 0.139. The molecule has 2 amide bonds. The lowest BCUT2D eigenvalue weighted by molar-refractivity contribution is 0.173. The fourth-order valence-corrected chi connectivity index (χ4v) is 2.09. The average Bonchev–Trinajstić information content (AvgIpc) is 2.54. The molecular formula is C16H15ClF2N2O2. The molecule has 0 saturated heterocycles. The molecule has 2 aromatic carbocycles. The van der Waals surface area contributed by atoms with Gasteiger partial charge >= 0.3 is 6.03 Å². The molecule has 0 saturated carbocycles. The number of hydrogen-bond acceptors (Lipinski definition) is 2. The van der Waals surface area contributed by atoms with Gasteiger partial charge in [-0.2, -0.15) is 0 Å². The molecule has 0 bridgehead atoms. The molecule has 0 heterocycles. The lowest BCUT2D eigenvalue weighted by Crippen LogP contribution is -2.37. The Balaban J connectivity index is 1.78. The van der Waals surface area contributed by atoms with Gasteiger partial charge in [0.15, 0.2) is 0 Å². The van der Waals surface area contributed by atoms with Crippen molar-refractivity contribution in [3.8, 4) is 0 Å². The largest absolute Gasteiger partial charge is 0.387 e. The zero-order valence-electron chi connectivity index (χ0n) is 12.0. The Kier molecular flexibility index (Phi) is 5.90. The first-order valence-corrected chi connectivity index (χ1v) is 7.22. The normalized spacial score (nSPS) is 11.8. The van der Waals surface area contributed by atoms with Gasteiger partial charge < -0.3 is 15.7 Å². The van der Waals surface area contributed by atoms with Crippen molar-refractivity contribution in [1.82, 2.24) is 10.6 Å². The van der Waals surface area contributed by atoms with Crippen LogP contribution in [0.15, 0.2) is 42.5 Å². The van der Waals surface area contributed by atoms with Crippen LogP contribution in [0.4, 0.5) is 13.6 Å². The van der Waals surface area contributed by atoms with E-state index in [1.165, 1.54) is 42.5 Å². The molecule has 0 aliphatic carbocycles. The van der Waals surface area contributed by atoms with Crippen LogP contribution in [0.2, 0.25) is 5.02 Å². The molecule has 0 spiro atoms.